The van der Waals surface area contributed by atoms with Crippen LogP contribution in [0, 0.1) is 6.92 Å². The Morgan fingerprint density at radius 2 is 1.83 bits per heavy atom. The van der Waals surface area contributed by atoms with Crippen LogP contribution in [0.4, 0.5) is 16.6 Å². The molecule has 2 aromatic carbocycles. The Bertz CT molecular complexity index is 1530. The number of piperidine rings is 1. The summed E-state index contributed by atoms with van der Waals surface area (Å²) in [7, 11) is 0. The topological polar surface area (TPSA) is 154 Å². The van der Waals surface area contributed by atoms with E-state index < -0.39 is 23.8 Å². The average Bonchev–Trinajstić information content (AvgIpc) is 3.37. The lowest BCUT2D eigenvalue weighted by molar-refractivity contribution is -0.137. The van der Waals surface area contributed by atoms with Gasteiger partial charge in [-0.1, -0.05) is 42.5 Å². The third-order valence-corrected chi connectivity index (χ3v) is 7.05. The van der Waals surface area contributed by atoms with Crippen molar-refractivity contribution >= 4 is 34.9 Å². The number of para-hydroxylation sites is 2. The number of ether oxygens (including phenoxy) is 1. The molecule has 1 fully saturated rings. The summed E-state index contributed by atoms with van der Waals surface area (Å²) in [5.74, 6) is 0.250. The normalized spacial score (nSPS) is 14.5. The lowest BCUT2D eigenvalue weighted by atomic mass is 10.0. The Morgan fingerprint density at radius 1 is 1.10 bits per heavy atom. The lowest BCUT2D eigenvalue weighted by Gasteiger charge is -2.33. The number of nitrogens with zero attached hydrogens (tertiary/aromatic N) is 4. The van der Waals surface area contributed by atoms with Crippen molar-refractivity contribution in [3.63, 3.8) is 0 Å². The van der Waals surface area contributed by atoms with Gasteiger partial charge >= 0.3 is 17.8 Å². The average molecular weight is 560 g/mol. The number of carboxylic acids is 1. The zero-order chi connectivity index (χ0) is 28.8. The second-order valence-electron chi connectivity index (χ2n) is 10.2. The summed E-state index contributed by atoms with van der Waals surface area (Å²) in [6, 6.07) is 16.4. The van der Waals surface area contributed by atoms with Gasteiger partial charge in [-0.05, 0) is 37.5 Å². The molecule has 0 bridgehead atoms. The first kappa shape index (κ1) is 27.7. The zero-order valence-corrected chi connectivity index (χ0v) is 22.7. The number of anilines is 2. The molecule has 12 nitrogen and oxygen atoms in total. The molecule has 1 amide bonds. The number of imidazole rings is 1. The van der Waals surface area contributed by atoms with E-state index in [4.69, 9.17) is 4.74 Å². The predicted octanol–water partition coefficient (Wildman–Crippen LogP) is 3.28. The van der Waals surface area contributed by atoms with Crippen molar-refractivity contribution in [1.82, 2.24) is 24.8 Å². The number of carboxylic acid groups (broad SMARTS) is 1. The standard InChI is InChI=1S/C29H33N7O5/c1-19-16-36(17-22(15-25(37)38)31-29(40)41-18-20-7-3-2-4-8-20)28(39)34-26(19)35-13-11-21(12-14-35)30-27-32-23-9-5-6-10-24(23)33-27/h2-10,16,21-22H,11-15,17-18H2,1H3,(H,31,40)(H,37,38)(H2,30,32,33)/t22-/m1/s1. The number of rotatable bonds is 10. The third-order valence-electron chi connectivity index (χ3n) is 7.05. The summed E-state index contributed by atoms with van der Waals surface area (Å²) in [5, 5.41) is 15.4. The van der Waals surface area contributed by atoms with E-state index in [9.17, 15) is 19.5 Å². The Morgan fingerprint density at radius 3 is 2.56 bits per heavy atom. The zero-order valence-electron chi connectivity index (χ0n) is 22.7. The van der Waals surface area contributed by atoms with E-state index in [1.54, 1.807) is 6.20 Å². The summed E-state index contributed by atoms with van der Waals surface area (Å²) >= 11 is 0. The SMILES string of the molecule is Cc1cn(C[C@@H](CC(=O)O)NC(=O)OCc2ccccc2)c(=O)nc1N1CCC(Nc2nc3ccccc3[nH]2)CC1. The number of aliphatic carboxylic acids is 1. The van der Waals surface area contributed by atoms with Crippen LogP contribution in [0.15, 0.2) is 65.6 Å². The molecule has 0 saturated carbocycles. The first-order valence-corrected chi connectivity index (χ1v) is 13.6. The molecule has 1 saturated heterocycles. The third kappa shape index (κ3) is 7.21. The van der Waals surface area contributed by atoms with Gasteiger partial charge in [0.2, 0.25) is 5.95 Å². The van der Waals surface area contributed by atoms with Gasteiger partial charge in [0.25, 0.3) is 0 Å². The minimum Gasteiger partial charge on any atom is -0.481 e. The first-order valence-electron chi connectivity index (χ1n) is 13.6. The largest absolute Gasteiger partial charge is 0.481 e. The van der Waals surface area contributed by atoms with Gasteiger partial charge in [-0.3, -0.25) is 9.36 Å². The van der Waals surface area contributed by atoms with Crippen molar-refractivity contribution in [2.24, 2.45) is 0 Å². The van der Waals surface area contributed by atoms with Crippen LogP contribution in [0.5, 0.6) is 0 Å². The molecular weight excluding hydrogens is 526 g/mol. The Labute approximate surface area is 236 Å². The van der Waals surface area contributed by atoms with Crippen molar-refractivity contribution in [3.8, 4) is 0 Å². The molecule has 4 N–H and O–H groups in total. The molecule has 214 valence electrons. The van der Waals surface area contributed by atoms with E-state index in [2.05, 4.69) is 30.5 Å². The van der Waals surface area contributed by atoms with Gasteiger partial charge in [-0.2, -0.15) is 4.98 Å². The highest BCUT2D eigenvalue weighted by atomic mass is 16.5. The maximum absolute atomic E-state index is 13.0. The number of amides is 1. The van der Waals surface area contributed by atoms with Gasteiger partial charge < -0.3 is 30.4 Å². The second-order valence-corrected chi connectivity index (χ2v) is 10.2. The number of fused-ring (bicyclic) bond motifs is 1. The number of hydrogen-bond acceptors (Lipinski definition) is 8. The number of hydrogen-bond donors (Lipinski definition) is 4. The quantitative estimate of drug-likeness (QED) is 0.229. The van der Waals surface area contributed by atoms with Crippen LogP contribution in [-0.2, 0) is 22.7 Å². The van der Waals surface area contributed by atoms with Crippen LogP contribution in [0.25, 0.3) is 11.0 Å². The van der Waals surface area contributed by atoms with E-state index in [1.807, 2.05) is 61.5 Å². The minimum absolute atomic E-state index is 0.0479. The number of H-pyrrole nitrogens is 1. The Hall–Kier alpha value is -4.87. The van der Waals surface area contributed by atoms with Crippen LogP contribution >= 0.6 is 0 Å². The van der Waals surface area contributed by atoms with Gasteiger partial charge in [0.05, 0.1) is 23.5 Å². The molecule has 5 rings (SSSR count). The van der Waals surface area contributed by atoms with Gasteiger partial charge in [-0.15, -0.1) is 0 Å². The monoisotopic (exact) mass is 559 g/mol. The highest BCUT2D eigenvalue weighted by molar-refractivity contribution is 5.77. The van der Waals surface area contributed by atoms with E-state index in [1.165, 1.54) is 4.57 Å². The molecule has 12 heteroatoms. The summed E-state index contributed by atoms with van der Waals surface area (Å²) < 4.78 is 6.56. The number of benzene rings is 2. The van der Waals surface area contributed by atoms with Crippen molar-refractivity contribution in [1.29, 1.82) is 0 Å². The van der Waals surface area contributed by atoms with Crippen LogP contribution in [0.2, 0.25) is 0 Å². The summed E-state index contributed by atoms with van der Waals surface area (Å²) in [6.07, 6.45) is 2.22. The molecule has 1 aliphatic rings. The van der Waals surface area contributed by atoms with E-state index in [-0.39, 0.29) is 25.6 Å². The predicted molar refractivity (Wildman–Crippen MR) is 154 cm³/mol. The highest BCUT2D eigenvalue weighted by Crippen LogP contribution is 2.23. The highest BCUT2D eigenvalue weighted by Gasteiger charge is 2.24. The molecule has 4 aromatic rings. The maximum Gasteiger partial charge on any atom is 0.407 e. The lowest BCUT2D eigenvalue weighted by Crippen LogP contribution is -2.43. The molecule has 0 unspecified atom stereocenters. The van der Waals surface area contributed by atoms with Gasteiger partial charge in [0.1, 0.15) is 12.4 Å². The fourth-order valence-corrected chi connectivity index (χ4v) is 5.03. The summed E-state index contributed by atoms with van der Waals surface area (Å²) in [6.45, 7) is 3.29. The van der Waals surface area contributed by atoms with Crippen LogP contribution < -0.4 is 21.2 Å². The van der Waals surface area contributed by atoms with E-state index in [0.29, 0.717) is 18.9 Å². The van der Waals surface area contributed by atoms with E-state index in [0.717, 1.165) is 41.0 Å². The van der Waals surface area contributed by atoms with Gasteiger partial charge in [0.15, 0.2) is 0 Å². The number of aromatic amines is 1. The fourth-order valence-electron chi connectivity index (χ4n) is 5.03. The number of carbonyl (C=O) groups is 2. The molecule has 2 aromatic heterocycles. The van der Waals surface area contributed by atoms with Crippen molar-refractivity contribution in [3.05, 3.63) is 82.4 Å². The maximum atomic E-state index is 13.0. The summed E-state index contributed by atoms with van der Waals surface area (Å²) in [5.41, 5.74) is 2.98. The second kappa shape index (κ2) is 12.5. The molecule has 1 atom stereocenters. The van der Waals surface area contributed by atoms with Gasteiger partial charge in [-0.25, -0.2) is 14.6 Å². The summed E-state index contributed by atoms with van der Waals surface area (Å²) in [4.78, 5) is 51.1. The van der Waals surface area contributed by atoms with Crippen LogP contribution in [-0.4, -0.2) is 61.9 Å². The smallest absolute Gasteiger partial charge is 0.407 e. The van der Waals surface area contributed by atoms with Crippen molar-refractivity contribution in [2.45, 2.75) is 51.4 Å². The minimum atomic E-state index is -1.10. The number of alkyl carbamates (subject to hydrolysis) is 1. The molecule has 3 heterocycles. The van der Waals surface area contributed by atoms with Crippen molar-refractivity contribution < 1.29 is 19.4 Å². The van der Waals surface area contributed by atoms with Crippen LogP contribution in [0.1, 0.15) is 30.4 Å². The molecule has 41 heavy (non-hydrogen) atoms. The van der Waals surface area contributed by atoms with Gasteiger partial charge in [0, 0.05) is 37.4 Å². The molecule has 0 radical (unpaired) electrons. The molecule has 1 aliphatic heterocycles. The molecule has 0 aliphatic carbocycles. The van der Waals surface area contributed by atoms with Crippen LogP contribution in [0.3, 0.4) is 0 Å². The Kier molecular flexibility index (Phi) is 8.47. The fraction of sp³-hybridized carbons (Fsp3) is 0.345. The number of carbonyl (C=O) groups excluding carboxylic acids is 1. The first-order chi connectivity index (χ1) is 19.8. The molecule has 0 spiro atoms. The van der Waals surface area contributed by atoms with E-state index >= 15 is 0 Å². The number of aryl methyl sites for hydroxylation is 1. The van der Waals surface area contributed by atoms with Crippen molar-refractivity contribution in [2.75, 3.05) is 23.3 Å². The number of nitrogens with one attached hydrogen (secondary N) is 3. The number of aromatic nitrogens is 4. The molecular formula is C29H33N7O5. The Balaban J connectivity index is 1.18.